The summed E-state index contributed by atoms with van der Waals surface area (Å²) in [6, 6.07) is 1.70. The van der Waals surface area contributed by atoms with Crippen LogP contribution in [-0.4, -0.2) is 29.2 Å². The maximum atomic E-state index is 5.69. The van der Waals surface area contributed by atoms with Gasteiger partial charge in [-0.2, -0.15) is 4.98 Å². The first-order valence-electron chi connectivity index (χ1n) is 4.97. The second-order valence-corrected chi connectivity index (χ2v) is 3.52. The van der Waals surface area contributed by atoms with E-state index in [9.17, 15) is 0 Å². The fourth-order valence-corrected chi connectivity index (χ4v) is 1.57. The molecule has 0 aliphatic carbocycles. The highest BCUT2D eigenvalue weighted by Crippen LogP contribution is 2.13. The van der Waals surface area contributed by atoms with Crippen LogP contribution in [-0.2, 0) is 0 Å². The number of aryl methyl sites for hydroxylation is 1. The molecule has 4 heteroatoms. The van der Waals surface area contributed by atoms with Crippen LogP contribution >= 0.6 is 0 Å². The van der Waals surface area contributed by atoms with Crippen LogP contribution in [0.15, 0.2) is 6.07 Å². The maximum Gasteiger partial charge on any atom is 0.218 e. The minimum absolute atomic E-state index is 0.199. The maximum absolute atomic E-state index is 5.69. The summed E-state index contributed by atoms with van der Waals surface area (Å²) < 4.78 is 5.69. The summed E-state index contributed by atoms with van der Waals surface area (Å²) in [7, 11) is 0. The number of terminal acetylenes is 1. The molecule has 78 valence electrons. The van der Waals surface area contributed by atoms with Gasteiger partial charge in [-0.1, -0.05) is 0 Å². The molecule has 4 nitrogen and oxygen atoms in total. The number of rotatable bonds is 2. The Balaban J connectivity index is 2.13. The van der Waals surface area contributed by atoms with Crippen molar-refractivity contribution in [3.8, 4) is 18.2 Å². The summed E-state index contributed by atoms with van der Waals surface area (Å²) >= 11 is 0. The van der Waals surface area contributed by atoms with E-state index >= 15 is 0 Å². The smallest absolute Gasteiger partial charge is 0.218 e. The zero-order valence-electron chi connectivity index (χ0n) is 8.66. The van der Waals surface area contributed by atoms with E-state index in [4.69, 9.17) is 11.2 Å². The molecule has 1 aliphatic heterocycles. The number of hydrogen-bond acceptors (Lipinski definition) is 4. The van der Waals surface area contributed by atoms with E-state index in [2.05, 4.69) is 21.2 Å². The molecule has 1 fully saturated rings. The molecule has 1 atom stereocenters. The average molecular weight is 203 g/mol. The lowest BCUT2D eigenvalue weighted by Crippen LogP contribution is -2.20. The zero-order chi connectivity index (χ0) is 10.7. The standard InChI is InChI=1S/C11H13N3O/c1-3-9-6-11(14-8(2)13-9)15-10-4-5-12-7-10/h1,6,10,12H,4-5,7H2,2H3. The molecule has 1 aliphatic rings. The minimum atomic E-state index is 0.199. The van der Waals surface area contributed by atoms with Crippen molar-refractivity contribution >= 4 is 0 Å². The van der Waals surface area contributed by atoms with Crippen LogP contribution in [0.5, 0.6) is 5.88 Å². The Morgan fingerprint density at radius 1 is 1.60 bits per heavy atom. The number of nitrogens with one attached hydrogen (secondary N) is 1. The first-order valence-corrected chi connectivity index (χ1v) is 4.97. The third-order valence-electron chi connectivity index (χ3n) is 2.26. The van der Waals surface area contributed by atoms with E-state index in [0.717, 1.165) is 19.5 Å². The average Bonchev–Trinajstić information content (AvgIpc) is 2.69. The number of nitrogens with zero attached hydrogens (tertiary/aromatic N) is 2. The van der Waals surface area contributed by atoms with Gasteiger partial charge in [-0.3, -0.25) is 0 Å². The number of aromatic nitrogens is 2. The van der Waals surface area contributed by atoms with Gasteiger partial charge in [-0.15, -0.1) is 6.42 Å². The topological polar surface area (TPSA) is 47.0 Å². The van der Waals surface area contributed by atoms with E-state index in [1.165, 1.54) is 0 Å². The molecule has 0 amide bonds. The fourth-order valence-electron chi connectivity index (χ4n) is 1.57. The molecule has 1 aromatic heterocycles. The van der Waals surface area contributed by atoms with Crippen LogP contribution in [0.2, 0.25) is 0 Å². The Kier molecular flexibility index (Phi) is 2.84. The Labute approximate surface area is 89.1 Å². The monoisotopic (exact) mass is 203 g/mol. The van der Waals surface area contributed by atoms with Gasteiger partial charge in [0.2, 0.25) is 5.88 Å². The predicted octanol–water partition coefficient (Wildman–Crippen LogP) is 0.507. The third kappa shape index (κ3) is 2.45. The zero-order valence-corrected chi connectivity index (χ0v) is 8.66. The Hall–Kier alpha value is -1.60. The molecule has 1 aromatic rings. The molecular weight excluding hydrogens is 190 g/mol. The second-order valence-electron chi connectivity index (χ2n) is 3.52. The Morgan fingerprint density at radius 3 is 3.13 bits per heavy atom. The molecule has 1 N–H and O–H groups in total. The van der Waals surface area contributed by atoms with E-state index < -0.39 is 0 Å². The van der Waals surface area contributed by atoms with Gasteiger partial charge in [-0.25, -0.2) is 4.98 Å². The van der Waals surface area contributed by atoms with Crippen molar-refractivity contribution in [2.24, 2.45) is 0 Å². The summed E-state index contributed by atoms with van der Waals surface area (Å²) in [4.78, 5) is 8.27. The molecule has 0 aromatic carbocycles. The predicted molar refractivity (Wildman–Crippen MR) is 56.6 cm³/mol. The Bertz CT molecular complexity index is 391. The van der Waals surface area contributed by atoms with E-state index in [1.54, 1.807) is 13.0 Å². The van der Waals surface area contributed by atoms with E-state index in [-0.39, 0.29) is 6.10 Å². The lowest BCUT2D eigenvalue weighted by atomic mass is 10.3. The number of ether oxygens (including phenoxy) is 1. The molecule has 0 spiro atoms. The molecule has 1 saturated heterocycles. The van der Waals surface area contributed by atoms with Crippen molar-refractivity contribution in [2.45, 2.75) is 19.4 Å². The largest absolute Gasteiger partial charge is 0.473 e. The van der Waals surface area contributed by atoms with Gasteiger partial charge >= 0.3 is 0 Å². The van der Waals surface area contributed by atoms with Gasteiger partial charge in [0.25, 0.3) is 0 Å². The number of hydrogen-bond donors (Lipinski definition) is 1. The van der Waals surface area contributed by atoms with Gasteiger partial charge in [0, 0.05) is 12.6 Å². The second kappa shape index (κ2) is 4.28. The van der Waals surface area contributed by atoms with Crippen LogP contribution in [0.1, 0.15) is 17.9 Å². The summed E-state index contributed by atoms with van der Waals surface area (Å²) in [5.41, 5.74) is 0.573. The van der Waals surface area contributed by atoms with Crippen molar-refractivity contribution < 1.29 is 4.74 Å². The quantitative estimate of drug-likeness (QED) is 0.711. The van der Waals surface area contributed by atoms with Gasteiger partial charge in [0.1, 0.15) is 17.6 Å². The van der Waals surface area contributed by atoms with Crippen molar-refractivity contribution in [1.29, 1.82) is 0 Å². The summed E-state index contributed by atoms with van der Waals surface area (Å²) in [5.74, 6) is 3.70. The van der Waals surface area contributed by atoms with E-state index in [1.807, 2.05) is 0 Å². The molecule has 2 rings (SSSR count). The SMILES string of the molecule is C#Cc1cc(OC2CCNC2)nc(C)n1. The van der Waals surface area contributed by atoms with Crippen LogP contribution < -0.4 is 10.1 Å². The minimum Gasteiger partial charge on any atom is -0.473 e. The van der Waals surface area contributed by atoms with Gasteiger partial charge < -0.3 is 10.1 Å². The van der Waals surface area contributed by atoms with Crippen LogP contribution in [0.3, 0.4) is 0 Å². The van der Waals surface area contributed by atoms with Crippen LogP contribution in [0.25, 0.3) is 0 Å². The Morgan fingerprint density at radius 2 is 2.47 bits per heavy atom. The first kappa shape index (κ1) is 9.94. The van der Waals surface area contributed by atoms with E-state index in [0.29, 0.717) is 17.4 Å². The normalized spacial score (nSPS) is 19.9. The summed E-state index contributed by atoms with van der Waals surface area (Å²) in [6.45, 7) is 3.67. The molecule has 0 bridgehead atoms. The molecule has 0 saturated carbocycles. The van der Waals surface area contributed by atoms with Crippen molar-refractivity contribution in [3.05, 3.63) is 17.6 Å². The molecule has 2 heterocycles. The first-order chi connectivity index (χ1) is 7.28. The van der Waals surface area contributed by atoms with Gasteiger partial charge in [0.05, 0.1) is 0 Å². The highest BCUT2D eigenvalue weighted by atomic mass is 16.5. The lowest BCUT2D eigenvalue weighted by molar-refractivity contribution is 0.213. The third-order valence-corrected chi connectivity index (χ3v) is 2.26. The molecule has 15 heavy (non-hydrogen) atoms. The summed E-state index contributed by atoms with van der Waals surface area (Å²) in [6.07, 6.45) is 6.49. The summed E-state index contributed by atoms with van der Waals surface area (Å²) in [5, 5.41) is 3.23. The fraction of sp³-hybridized carbons (Fsp3) is 0.455. The van der Waals surface area contributed by atoms with Crippen molar-refractivity contribution in [1.82, 2.24) is 15.3 Å². The van der Waals surface area contributed by atoms with Crippen molar-refractivity contribution in [2.75, 3.05) is 13.1 Å². The molecular formula is C11H13N3O. The van der Waals surface area contributed by atoms with Gasteiger partial charge in [-0.05, 0) is 25.8 Å². The highest BCUT2D eigenvalue weighted by molar-refractivity contribution is 5.29. The molecule has 0 radical (unpaired) electrons. The van der Waals surface area contributed by atoms with Crippen LogP contribution in [0.4, 0.5) is 0 Å². The highest BCUT2D eigenvalue weighted by Gasteiger charge is 2.16. The lowest BCUT2D eigenvalue weighted by Gasteiger charge is -2.11. The van der Waals surface area contributed by atoms with Crippen molar-refractivity contribution in [3.63, 3.8) is 0 Å². The van der Waals surface area contributed by atoms with Crippen LogP contribution in [0, 0.1) is 19.3 Å². The van der Waals surface area contributed by atoms with Gasteiger partial charge in [0.15, 0.2) is 0 Å². The molecule has 1 unspecified atom stereocenters.